The normalized spacial score (nSPS) is 10.9. The van der Waals surface area contributed by atoms with Crippen molar-refractivity contribution in [3.63, 3.8) is 0 Å². The van der Waals surface area contributed by atoms with Gasteiger partial charge in [0, 0.05) is 16.8 Å². The molecule has 1 N–H and O–H groups in total. The Morgan fingerprint density at radius 3 is 2.93 bits per heavy atom. The number of thiophene rings is 1. The molecule has 0 atom stereocenters. The van der Waals surface area contributed by atoms with Gasteiger partial charge in [-0.2, -0.15) is 0 Å². The Morgan fingerprint density at radius 2 is 2.18 bits per heavy atom. The fourth-order valence-electron chi connectivity index (χ4n) is 2.56. The topological polar surface area (TPSA) is 108 Å². The number of nitrogens with one attached hydrogen (secondary N) is 1. The quantitative estimate of drug-likeness (QED) is 0.343. The van der Waals surface area contributed by atoms with Gasteiger partial charge in [0.15, 0.2) is 10.9 Å². The predicted octanol–water partition coefficient (Wildman–Crippen LogP) is 5.18. The third-order valence-corrected chi connectivity index (χ3v) is 5.56. The highest BCUT2D eigenvalue weighted by Gasteiger charge is 2.17. The zero-order valence-corrected chi connectivity index (χ0v) is 16.1. The molecule has 28 heavy (non-hydrogen) atoms. The lowest BCUT2D eigenvalue weighted by Gasteiger charge is -2.00. The molecule has 142 valence electrons. The lowest BCUT2D eigenvalue weighted by molar-refractivity contribution is -0.380. The standard InChI is InChI=1S/C18H13N3O5S2/c1-2-25-11-3-4-13-10(7-11)8-14(26-13)12-9-27-18(19-12)20-17(22)15-5-6-16(28-15)21(23)24/h3-9H,2H2,1H3,(H,19,20,22). The molecule has 8 nitrogen and oxygen atoms in total. The van der Waals surface area contributed by atoms with E-state index >= 15 is 0 Å². The monoisotopic (exact) mass is 415 g/mol. The molecule has 3 heterocycles. The summed E-state index contributed by atoms with van der Waals surface area (Å²) >= 11 is 2.06. The number of amides is 1. The van der Waals surface area contributed by atoms with Crippen LogP contribution in [0.2, 0.25) is 0 Å². The minimum Gasteiger partial charge on any atom is -0.494 e. The molecule has 0 aliphatic carbocycles. The van der Waals surface area contributed by atoms with Gasteiger partial charge in [-0.05, 0) is 37.3 Å². The average Bonchev–Trinajstić information content (AvgIpc) is 3.40. The second kappa shape index (κ2) is 7.41. The number of nitrogens with zero attached hydrogens (tertiary/aromatic N) is 2. The van der Waals surface area contributed by atoms with Gasteiger partial charge in [-0.1, -0.05) is 11.3 Å². The predicted molar refractivity (Wildman–Crippen MR) is 107 cm³/mol. The summed E-state index contributed by atoms with van der Waals surface area (Å²) in [6, 6.07) is 10.2. The van der Waals surface area contributed by atoms with Crippen LogP contribution in [0.3, 0.4) is 0 Å². The molecular formula is C18H13N3O5S2. The van der Waals surface area contributed by atoms with E-state index in [2.05, 4.69) is 10.3 Å². The van der Waals surface area contributed by atoms with Crippen LogP contribution in [0.25, 0.3) is 22.4 Å². The Bertz CT molecular complexity index is 1180. The van der Waals surface area contributed by atoms with Gasteiger partial charge in [-0.3, -0.25) is 20.2 Å². The van der Waals surface area contributed by atoms with E-state index in [1.54, 1.807) is 5.38 Å². The van der Waals surface area contributed by atoms with Gasteiger partial charge in [0.05, 0.1) is 16.4 Å². The fraction of sp³-hybridized carbons (Fsp3) is 0.111. The van der Waals surface area contributed by atoms with Crippen molar-refractivity contribution in [2.24, 2.45) is 0 Å². The van der Waals surface area contributed by atoms with Crippen molar-refractivity contribution in [1.82, 2.24) is 4.98 Å². The molecule has 0 spiro atoms. The first kappa shape index (κ1) is 18.1. The number of benzene rings is 1. The van der Waals surface area contributed by atoms with Gasteiger partial charge in [0.1, 0.15) is 17.0 Å². The lowest BCUT2D eigenvalue weighted by atomic mass is 10.2. The van der Waals surface area contributed by atoms with E-state index in [1.807, 2.05) is 31.2 Å². The third kappa shape index (κ3) is 3.59. The zero-order chi connectivity index (χ0) is 19.7. The highest BCUT2D eigenvalue weighted by Crippen LogP contribution is 2.32. The summed E-state index contributed by atoms with van der Waals surface area (Å²) in [5.74, 6) is 0.899. The Balaban J connectivity index is 1.52. The van der Waals surface area contributed by atoms with Crippen LogP contribution in [0, 0.1) is 10.1 Å². The molecule has 1 amide bonds. The van der Waals surface area contributed by atoms with Gasteiger partial charge < -0.3 is 9.15 Å². The van der Waals surface area contributed by atoms with E-state index in [0.717, 1.165) is 22.5 Å². The number of hydrogen-bond acceptors (Lipinski definition) is 8. The SMILES string of the molecule is CCOc1ccc2oc(-c3csc(NC(=O)c4ccc([N+](=O)[O-])s4)n3)cc2c1. The van der Waals surface area contributed by atoms with Crippen molar-refractivity contribution < 1.29 is 18.9 Å². The molecular weight excluding hydrogens is 402 g/mol. The Morgan fingerprint density at radius 1 is 1.32 bits per heavy atom. The van der Waals surface area contributed by atoms with Crippen molar-refractivity contribution in [3.05, 3.63) is 56.8 Å². The van der Waals surface area contributed by atoms with E-state index in [4.69, 9.17) is 9.15 Å². The third-order valence-electron chi connectivity index (χ3n) is 3.77. The number of aromatic nitrogens is 1. The summed E-state index contributed by atoms with van der Waals surface area (Å²) in [5, 5.41) is 16.4. The van der Waals surface area contributed by atoms with Gasteiger partial charge >= 0.3 is 5.00 Å². The van der Waals surface area contributed by atoms with E-state index in [1.165, 1.54) is 23.5 Å². The van der Waals surface area contributed by atoms with Gasteiger partial charge in [-0.15, -0.1) is 11.3 Å². The van der Waals surface area contributed by atoms with E-state index in [-0.39, 0.29) is 9.88 Å². The number of thiazole rings is 1. The summed E-state index contributed by atoms with van der Waals surface area (Å²) in [4.78, 5) is 27.1. The van der Waals surface area contributed by atoms with Crippen LogP contribution in [0.4, 0.5) is 10.1 Å². The van der Waals surface area contributed by atoms with Crippen LogP contribution >= 0.6 is 22.7 Å². The maximum absolute atomic E-state index is 12.2. The number of anilines is 1. The van der Waals surface area contributed by atoms with Crippen molar-refractivity contribution in [1.29, 1.82) is 0 Å². The number of hydrogen-bond donors (Lipinski definition) is 1. The number of ether oxygens (including phenoxy) is 1. The highest BCUT2D eigenvalue weighted by atomic mass is 32.1. The van der Waals surface area contributed by atoms with Crippen LogP contribution in [-0.2, 0) is 0 Å². The first-order valence-electron chi connectivity index (χ1n) is 8.21. The number of nitro groups is 1. The highest BCUT2D eigenvalue weighted by molar-refractivity contribution is 7.17. The van der Waals surface area contributed by atoms with Crippen molar-refractivity contribution >= 4 is 49.7 Å². The molecule has 4 aromatic rings. The largest absolute Gasteiger partial charge is 0.494 e. The molecule has 1 aromatic carbocycles. The van der Waals surface area contributed by atoms with Crippen LogP contribution in [0.15, 0.2) is 46.2 Å². The number of carbonyl (C=O) groups excluding carboxylic acids is 1. The van der Waals surface area contributed by atoms with Crippen LogP contribution < -0.4 is 10.1 Å². The van der Waals surface area contributed by atoms with Crippen LogP contribution in [-0.4, -0.2) is 22.4 Å². The number of carbonyl (C=O) groups is 1. The minimum atomic E-state index is -0.526. The second-order valence-corrected chi connectivity index (χ2v) is 7.55. The minimum absolute atomic E-state index is 0.0846. The zero-order valence-electron chi connectivity index (χ0n) is 14.5. The molecule has 10 heteroatoms. The molecule has 3 aromatic heterocycles. The molecule has 4 rings (SSSR count). The molecule has 0 unspecified atom stereocenters. The van der Waals surface area contributed by atoms with Gasteiger partial charge in [0.2, 0.25) is 0 Å². The molecule has 0 saturated heterocycles. The molecule has 0 fully saturated rings. The second-order valence-electron chi connectivity index (χ2n) is 5.63. The van der Waals surface area contributed by atoms with E-state index in [0.29, 0.717) is 28.8 Å². The molecule has 0 saturated carbocycles. The van der Waals surface area contributed by atoms with E-state index in [9.17, 15) is 14.9 Å². The smallest absolute Gasteiger partial charge is 0.324 e. The molecule has 0 radical (unpaired) electrons. The summed E-state index contributed by atoms with van der Waals surface area (Å²) in [6.07, 6.45) is 0. The first-order chi connectivity index (χ1) is 13.5. The van der Waals surface area contributed by atoms with Crippen molar-refractivity contribution in [3.8, 4) is 17.2 Å². The maximum Gasteiger partial charge on any atom is 0.324 e. The fourth-order valence-corrected chi connectivity index (χ4v) is 3.97. The van der Waals surface area contributed by atoms with Gasteiger partial charge in [0.25, 0.3) is 5.91 Å². The molecule has 0 bridgehead atoms. The maximum atomic E-state index is 12.2. The number of fused-ring (bicyclic) bond motifs is 1. The average molecular weight is 415 g/mol. The van der Waals surface area contributed by atoms with Crippen LogP contribution in [0.5, 0.6) is 5.75 Å². The Kier molecular flexibility index (Phi) is 4.80. The Labute approximate surface area is 166 Å². The summed E-state index contributed by atoms with van der Waals surface area (Å²) in [6.45, 7) is 2.50. The molecule has 0 aliphatic heterocycles. The summed E-state index contributed by atoms with van der Waals surface area (Å²) < 4.78 is 11.3. The molecule has 0 aliphatic rings. The Hall–Kier alpha value is -3.24. The lowest BCUT2D eigenvalue weighted by Crippen LogP contribution is -2.09. The number of furan rings is 1. The van der Waals surface area contributed by atoms with Gasteiger partial charge in [-0.25, -0.2) is 4.98 Å². The van der Waals surface area contributed by atoms with E-state index < -0.39 is 10.8 Å². The van der Waals surface area contributed by atoms with Crippen LogP contribution in [0.1, 0.15) is 16.6 Å². The van der Waals surface area contributed by atoms with Crippen molar-refractivity contribution in [2.75, 3.05) is 11.9 Å². The first-order valence-corrected chi connectivity index (χ1v) is 9.91. The summed E-state index contributed by atoms with van der Waals surface area (Å²) in [5.41, 5.74) is 1.30. The number of rotatable bonds is 6. The summed E-state index contributed by atoms with van der Waals surface area (Å²) in [7, 11) is 0. The van der Waals surface area contributed by atoms with Crippen molar-refractivity contribution in [2.45, 2.75) is 6.92 Å².